The minimum absolute atomic E-state index is 0.0209. The molecule has 1 fully saturated rings. The van der Waals surface area contributed by atoms with Crippen LogP contribution in [0.2, 0.25) is 0 Å². The zero-order valence-corrected chi connectivity index (χ0v) is 16.8. The first-order valence-corrected chi connectivity index (χ1v) is 10.3. The molecule has 1 unspecified atom stereocenters. The Morgan fingerprint density at radius 3 is 2.85 bits per heavy atom. The van der Waals surface area contributed by atoms with E-state index in [1.54, 1.807) is 22.1 Å². The largest absolute Gasteiger partial charge is 0.360 e. The van der Waals surface area contributed by atoms with E-state index < -0.39 is 0 Å². The van der Waals surface area contributed by atoms with Gasteiger partial charge in [0.1, 0.15) is 0 Å². The Hall–Kier alpha value is -1.73. The van der Waals surface area contributed by atoms with Crippen LogP contribution in [0, 0.1) is 0 Å². The number of rotatable bonds is 6. The second-order valence-electron chi connectivity index (χ2n) is 7.93. The Balaban J connectivity index is 1.62. The molecule has 0 amide bonds. The molecule has 1 aliphatic rings. The van der Waals surface area contributed by atoms with E-state index in [2.05, 4.69) is 41.1 Å². The van der Waals surface area contributed by atoms with Crippen LogP contribution in [0.5, 0.6) is 0 Å². The summed E-state index contributed by atoms with van der Waals surface area (Å²) in [6, 6.07) is 3.97. The van der Waals surface area contributed by atoms with Crippen molar-refractivity contribution in [2.75, 3.05) is 25.0 Å². The lowest BCUT2D eigenvalue weighted by atomic mass is 9.92. The predicted molar refractivity (Wildman–Crippen MR) is 107 cm³/mol. The van der Waals surface area contributed by atoms with E-state index in [1.807, 2.05) is 17.6 Å². The van der Waals surface area contributed by atoms with Gasteiger partial charge in [-0.15, -0.1) is 11.3 Å². The van der Waals surface area contributed by atoms with E-state index in [0.717, 1.165) is 30.5 Å². The highest BCUT2D eigenvalue weighted by atomic mass is 32.1. The highest BCUT2D eigenvalue weighted by Crippen LogP contribution is 2.20. The van der Waals surface area contributed by atoms with Crippen molar-refractivity contribution in [1.82, 2.24) is 19.7 Å². The molecule has 142 valence electrons. The molecule has 0 aromatic carbocycles. The second-order valence-corrected chi connectivity index (χ2v) is 8.83. The third kappa shape index (κ3) is 4.92. The van der Waals surface area contributed by atoms with Crippen molar-refractivity contribution in [2.45, 2.75) is 58.0 Å². The molecule has 1 saturated heterocycles. The van der Waals surface area contributed by atoms with Gasteiger partial charge in [-0.1, -0.05) is 27.2 Å². The number of nitrogens with zero attached hydrogens (tertiary/aromatic N) is 4. The molecular weight excluding hydrogens is 346 g/mol. The smallest absolute Gasteiger partial charge is 0.266 e. The van der Waals surface area contributed by atoms with Gasteiger partial charge in [-0.3, -0.25) is 9.69 Å². The molecule has 0 spiro atoms. The van der Waals surface area contributed by atoms with Crippen molar-refractivity contribution in [1.29, 1.82) is 0 Å². The Kier molecular flexibility index (Phi) is 6.09. The highest BCUT2D eigenvalue weighted by molar-refractivity contribution is 7.13. The number of aromatic nitrogens is 3. The summed E-state index contributed by atoms with van der Waals surface area (Å²) in [5.41, 5.74) is 0.881. The fourth-order valence-corrected chi connectivity index (χ4v) is 3.87. The third-order valence-corrected chi connectivity index (χ3v) is 5.64. The van der Waals surface area contributed by atoms with Gasteiger partial charge in [-0.05, 0) is 25.5 Å². The SMILES string of the molecule is CC(C)(C)c1ccc(=O)n(CCN2CCCCC2CNc2nccs2)n1. The lowest BCUT2D eigenvalue weighted by molar-refractivity contribution is 0.147. The molecule has 0 bridgehead atoms. The van der Waals surface area contributed by atoms with Gasteiger partial charge >= 0.3 is 0 Å². The molecule has 0 aliphatic carbocycles. The van der Waals surface area contributed by atoms with Crippen molar-refractivity contribution in [3.8, 4) is 0 Å². The van der Waals surface area contributed by atoms with Crippen molar-refractivity contribution >= 4 is 16.5 Å². The van der Waals surface area contributed by atoms with E-state index in [-0.39, 0.29) is 11.0 Å². The fourth-order valence-electron chi connectivity index (χ4n) is 3.33. The van der Waals surface area contributed by atoms with E-state index >= 15 is 0 Å². The quantitative estimate of drug-likeness (QED) is 0.841. The molecule has 3 heterocycles. The van der Waals surface area contributed by atoms with Crippen LogP contribution >= 0.6 is 11.3 Å². The minimum atomic E-state index is -0.0548. The van der Waals surface area contributed by atoms with Crippen LogP contribution in [0.1, 0.15) is 45.7 Å². The number of nitrogens with one attached hydrogen (secondary N) is 1. The number of anilines is 1. The van der Waals surface area contributed by atoms with Crippen LogP contribution in [0.25, 0.3) is 0 Å². The van der Waals surface area contributed by atoms with Crippen LogP contribution in [-0.2, 0) is 12.0 Å². The molecule has 6 nitrogen and oxygen atoms in total. The van der Waals surface area contributed by atoms with Crippen LogP contribution in [-0.4, -0.2) is 45.3 Å². The maximum atomic E-state index is 12.2. The maximum Gasteiger partial charge on any atom is 0.266 e. The summed E-state index contributed by atoms with van der Waals surface area (Å²) >= 11 is 1.63. The van der Waals surface area contributed by atoms with Crippen LogP contribution in [0.15, 0.2) is 28.5 Å². The minimum Gasteiger partial charge on any atom is -0.360 e. The van der Waals surface area contributed by atoms with Crippen molar-refractivity contribution in [2.24, 2.45) is 0 Å². The number of hydrogen-bond donors (Lipinski definition) is 1. The molecule has 0 radical (unpaired) electrons. The first kappa shape index (κ1) is 19.0. The van der Waals surface area contributed by atoms with Crippen molar-refractivity contribution < 1.29 is 0 Å². The monoisotopic (exact) mass is 375 g/mol. The van der Waals surface area contributed by atoms with E-state index in [4.69, 9.17) is 0 Å². The second kappa shape index (κ2) is 8.31. The Morgan fingerprint density at radius 1 is 1.27 bits per heavy atom. The first-order chi connectivity index (χ1) is 12.4. The topological polar surface area (TPSA) is 63.1 Å². The summed E-state index contributed by atoms with van der Waals surface area (Å²) in [4.78, 5) is 19.0. The summed E-state index contributed by atoms with van der Waals surface area (Å²) < 4.78 is 1.63. The van der Waals surface area contributed by atoms with Crippen LogP contribution in [0.3, 0.4) is 0 Å². The number of piperidine rings is 1. The van der Waals surface area contributed by atoms with Crippen LogP contribution < -0.4 is 10.9 Å². The maximum absolute atomic E-state index is 12.2. The lowest BCUT2D eigenvalue weighted by Crippen LogP contribution is -2.45. The third-order valence-electron chi connectivity index (χ3n) is 4.90. The average molecular weight is 376 g/mol. The van der Waals surface area contributed by atoms with Gasteiger partial charge in [-0.2, -0.15) is 5.10 Å². The van der Waals surface area contributed by atoms with Gasteiger partial charge in [0.15, 0.2) is 5.13 Å². The molecule has 26 heavy (non-hydrogen) atoms. The van der Waals surface area contributed by atoms with E-state index in [9.17, 15) is 4.79 Å². The van der Waals surface area contributed by atoms with Crippen molar-refractivity contribution in [3.05, 3.63) is 39.8 Å². The molecule has 0 saturated carbocycles. The zero-order valence-electron chi connectivity index (χ0n) is 15.9. The summed E-state index contributed by atoms with van der Waals surface area (Å²) in [5, 5.41) is 11.0. The van der Waals surface area contributed by atoms with Gasteiger partial charge in [0.2, 0.25) is 0 Å². The molecule has 1 aliphatic heterocycles. The van der Waals surface area contributed by atoms with Gasteiger partial charge in [0, 0.05) is 42.2 Å². The number of likely N-dealkylation sites (tertiary alicyclic amines) is 1. The van der Waals surface area contributed by atoms with Gasteiger partial charge < -0.3 is 5.32 Å². The van der Waals surface area contributed by atoms with E-state index in [0.29, 0.717) is 12.6 Å². The van der Waals surface area contributed by atoms with Crippen molar-refractivity contribution in [3.63, 3.8) is 0 Å². The number of thiazole rings is 1. The molecule has 1 N–H and O–H groups in total. The Bertz CT molecular complexity index is 750. The van der Waals surface area contributed by atoms with Crippen LogP contribution in [0.4, 0.5) is 5.13 Å². The zero-order chi connectivity index (χ0) is 18.6. The predicted octanol–water partition coefficient (Wildman–Crippen LogP) is 2.96. The summed E-state index contributed by atoms with van der Waals surface area (Å²) in [5.74, 6) is 0. The lowest BCUT2D eigenvalue weighted by Gasteiger charge is -2.35. The molecule has 2 aromatic heterocycles. The molecule has 1 atom stereocenters. The summed E-state index contributed by atoms with van der Waals surface area (Å²) in [7, 11) is 0. The van der Waals surface area contributed by atoms with Gasteiger partial charge in [0.25, 0.3) is 5.56 Å². The highest BCUT2D eigenvalue weighted by Gasteiger charge is 2.23. The fraction of sp³-hybridized carbons (Fsp3) is 0.632. The number of hydrogen-bond acceptors (Lipinski definition) is 6. The van der Waals surface area contributed by atoms with Gasteiger partial charge in [0.05, 0.1) is 12.2 Å². The Labute approximate surface area is 159 Å². The molecule has 2 aromatic rings. The normalized spacial score (nSPS) is 18.8. The van der Waals surface area contributed by atoms with Gasteiger partial charge in [-0.25, -0.2) is 9.67 Å². The Morgan fingerprint density at radius 2 is 2.12 bits per heavy atom. The first-order valence-electron chi connectivity index (χ1n) is 9.39. The molecule has 7 heteroatoms. The van der Waals surface area contributed by atoms with E-state index in [1.165, 1.54) is 19.3 Å². The summed E-state index contributed by atoms with van der Waals surface area (Å²) in [6.07, 6.45) is 5.49. The average Bonchev–Trinajstić information content (AvgIpc) is 3.12. The standard InChI is InChI=1S/C19H29N5OS/c1-19(2,3)16-7-8-17(25)24(22-16)12-11-23-10-5-4-6-15(23)14-21-18-20-9-13-26-18/h7-9,13,15H,4-6,10-12,14H2,1-3H3,(H,20,21). The molecule has 3 rings (SSSR count). The molecular formula is C19H29N5OS. The summed E-state index contributed by atoms with van der Waals surface area (Å²) in [6.45, 7) is 9.83.